The Bertz CT molecular complexity index is 848. The number of nitrogens with one attached hydrogen (secondary N) is 1. The number of aliphatic hydroxyl groups excluding tert-OH is 1. The molecule has 1 atom stereocenters. The first-order valence-corrected chi connectivity index (χ1v) is 7.81. The van der Waals surface area contributed by atoms with E-state index in [1.807, 2.05) is 0 Å². The highest BCUT2D eigenvalue weighted by molar-refractivity contribution is 5.69. The zero-order chi connectivity index (χ0) is 17.9. The van der Waals surface area contributed by atoms with E-state index in [2.05, 4.69) is 9.97 Å². The van der Waals surface area contributed by atoms with Crippen LogP contribution in [0.15, 0.2) is 9.59 Å². The molecule has 9 heteroatoms. The van der Waals surface area contributed by atoms with Crippen molar-refractivity contribution in [3.05, 3.63) is 26.7 Å². The molecule has 0 amide bonds. The second-order valence-electron chi connectivity index (χ2n) is 5.75. The third-order valence-electron chi connectivity index (χ3n) is 3.79. The summed E-state index contributed by atoms with van der Waals surface area (Å²) in [6, 6.07) is 0. The SMILES string of the molecule is CC(=O)O[C@@H](C)CCCCn1c(=O)c2[nH]c(CO)nc2n(C)c1=O. The Kier molecular flexibility index (Phi) is 5.55. The predicted octanol–water partition coefficient (Wildman–Crippen LogP) is 0.0375. The normalized spacial score (nSPS) is 12.5. The Labute approximate surface area is 137 Å². The standard InChI is InChI=1S/C15H22N4O5/c1-9(24-10(2)21)6-4-5-7-19-14(22)12-13(18(3)15(19)23)17-11(8-20)16-12/h9,20H,4-8H2,1-3H3,(H,16,17)/t9-/m0/s1. The average molecular weight is 338 g/mol. The number of hydrogen-bond acceptors (Lipinski definition) is 6. The zero-order valence-corrected chi connectivity index (χ0v) is 14.0. The Morgan fingerprint density at radius 3 is 2.71 bits per heavy atom. The summed E-state index contributed by atoms with van der Waals surface area (Å²) < 4.78 is 7.47. The van der Waals surface area contributed by atoms with E-state index in [9.17, 15) is 14.4 Å². The molecule has 132 valence electrons. The number of aromatic amines is 1. The van der Waals surface area contributed by atoms with Crippen LogP contribution in [0.25, 0.3) is 11.2 Å². The molecule has 0 saturated carbocycles. The van der Waals surface area contributed by atoms with E-state index in [0.29, 0.717) is 19.3 Å². The first-order valence-electron chi connectivity index (χ1n) is 7.81. The van der Waals surface area contributed by atoms with E-state index < -0.39 is 11.2 Å². The van der Waals surface area contributed by atoms with Crippen molar-refractivity contribution in [3.8, 4) is 0 Å². The summed E-state index contributed by atoms with van der Waals surface area (Å²) in [6.07, 6.45) is 1.79. The Morgan fingerprint density at radius 1 is 1.38 bits per heavy atom. The summed E-state index contributed by atoms with van der Waals surface area (Å²) in [5.41, 5.74) is -0.465. The van der Waals surface area contributed by atoms with E-state index >= 15 is 0 Å². The predicted molar refractivity (Wildman–Crippen MR) is 86.6 cm³/mol. The summed E-state index contributed by atoms with van der Waals surface area (Å²) in [7, 11) is 1.53. The number of fused-ring (bicyclic) bond motifs is 1. The highest BCUT2D eigenvalue weighted by atomic mass is 16.5. The molecule has 2 N–H and O–H groups in total. The summed E-state index contributed by atoms with van der Waals surface area (Å²) >= 11 is 0. The maximum absolute atomic E-state index is 12.4. The minimum Gasteiger partial charge on any atom is -0.463 e. The maximum Gasteiger partial charge on any atom is 0.332 e. The van der Waals surface area contributed by atoms with Crippen LogP contribution in [0.1, 0.15) is 38.9 Å². The fourth-order valence-electron chi connectivity index (χ4n) is 2.61. The number of aliphatic hydroxyl groups is 1. The minimum absolute atomic E-state index is 0.191. The number of esters is 1. The largest absolute Gasteiger partial charge is 0.463 e. The van der Waals surface area contributed by atoms with Gasteiger partial charge in [-0.05, 0) is 26.2 Å². The van der Waals surface area contributed by atoms with Gasteiger partial charge in [0.2, 0.25) is 0 Å². The molecule has 0 aromatic carbocycles. The number of rotatable bonds is 7. The lowest BCUT2D eigenvalue weighted by atomic mass is 10.2. The lowest BCUT2D eigenvalue weighted by Crippen LogP contribution is -2.39. The van der Waals surface area contributed by atoms with Gasteiger partial charge < -0.3 is 14.8 Å². The molecule has 0 aliphatic heterocycles. The van der Waals surface area contributed by atoms with Crippen LogP contribution >= 0.6 is 0 Å². The van der Waals surface area contributed by atoms with Crippen LogP contribution in [0.5, 0.6) is 0 Å². The lowest BCUT2D eigenvalue weighted by molar-refractivity contribution is -0.145. The number of aryl methyl sites for hydroxylation is 1. The molecule has 0 aliphatic carbocycles. The van der Waals surface area contributed by atoms with Gasteiger partial charge in [0.15, 0.2) is 5.65 Å². The van der Waals surface area contributed by atoms with Crippen LogP contribution in [0.3, 0.4) is 0 Å². The third kappa shape index (κ3) is 3.73. The Balaban J connectivity index is 2.13. The number of nitrogens with zero attached hydrogens (tertiary/aromatic N) is 3. The third-order valence-corrected chi connectivity index (χ3v) is 3.79. The van der Waals surface area contributed by atoms with E-state index in [1.165, 1.54) is 18.5 Å². The lowest BCUT2D eigenvalue weighted by Gasteiger charge is -2.12. The highest BCUT2D eigenvalue weighted by Gasteiger charge is 2.15. The number of H-pyrrole nitrogens is 1. The van der Waals surface area contributed by atoms with Crippen molar-refractivity contribution in [1.82, 2.24) is 19.1 Å². The number of ether oxygens (including phenoxy) is 1. The van der Waals surface area contributed by atoms with Gasteiger partial charge in [0.1, 0.15) is 17.9 Å². The van der Waals surface area contributed by atoms with Crippen molar-refractivity contribution in [2.24, 2.45) is 7.05 Å². The summed E-state index contributed by atoms with van der Waals surface area (Å²) in [5.74, 6) is -0.0815. The zero-order valence-electron chi connectivity index (χ0n) is 14.0. The van der Waals surface area contributed by atoms with Gasteiger partial charge in [0.05, 0.1) is 6.10 Å². The molecular weight excluding hydrogens is 316 g/mol. The van der Waals surface area contributed by atoms with Crippen molar-refractivity contribution >= 4 is 17.1 Å². The second kappa shape index (κ2) is 7.43. The second-order valence-corrected chi connectivity index (χ2v) is 5.75. The van der Waals surface area contributed by atoms with Gasteiger partial charge in [0.25, 0.3) is 5.56 Å². The van der Waals surface area contributed by atoms with Gasteiger partial charge in [-0.25, -0.2) is 9.78 Å². The number of unbranched alkanes of at least 4 members (excludes halogenated alkanes) is 1. The topological polar surface area (TPSA) is 119 Å². The van der Waals surface area contributed by atoms with Crippen molar-refractivity contribution in [3.63, 3.8) is 0 Å². The van der Waals surface area contributed by atoms with E-state index in [0.717, 1.165) is 4.57 Å². The van der Waals surface area contributed by atoms with E-state index in [-0.39, 0.29) is 42.2 Å². The summed E-state index contributed by atoms with van der Waals surface area (Å²) in [4.78, 5) is 42.4. The minimum atomic E-state index is -0.451. The molecule has 0 unspecified atom stereocenters. The molecule has 9 nitrogen and oxygen atoms in total. The highest BCUT2D eigenvalue weighted by Crippen LogP contribution is 2.07. The number of carbonyl (C=O) groups is 1. The number of imidazole rings is 1. The quantitative estimate of drug-likeness (QED) is 0.543. The number of carbonyl (C=O) groups excluding carboxylic acids is 1. The Hall–Kier alpha value is -2.42. The molecule has 0 fully saturated rings. The molecule has 0 aliphatic rings. The fourth-order valence-corrected chi connectivity index (χ4v) is 2.61. The van der Waals surface area contributed by atoms with E-state index in [4.69, 9.17) is 9.84 Å². The molecule has 0 saturated heterocycles. The van der Waals surface area contributed by atoms with Gasteiger partial charge >= 0.3 is 11.7 Å². The van der Waals surface area contributed by atoms with Crippen LogP contribution in [0, 0.1) is 0 Å². The molecule has 0 bridgehead atoms. The summed E-state index contributed by atoms with van der Waals surface area (Å²) in [6.45, 7) is 3.09. The van der Waals surface area contributed by atoms with Crippen LogP contribution in [0.4, 0.5) is 0 Å². The first kappa shape index (κ1) is 17.9. The smallest absolute Gasteiger partial charge is 0.332 e. The number of hydrogen-bond donors (Lipinski definition) is 2. The molecule has 2 heterocycles. The van der Waals surface area contributed by atoms with Gasteiger partial charge in [-0.1, -0.05) is 0 Å². The van der Waals surface area contributed by atoms with Gasteiger partial charge in [-0.2, -0.15) is 0 Å². The summed E-state index contributed by atoms with van der Waals surface area (Å²) in [5, 5.41) is 9.12. The van der Waals surface area contributed by atoms with Crippen LogP contribution < -0.4 is 11.2 Å². The van der Waals surface area contributed by atoms with Crippen molar-refractivity contribution < 1.29 is 14.6 Å². The number of aromatic nitrogens is 4. The van der Waals surface area contributed by atoms with Crippen molar-refractivity contribution in [1.29, 1.82) is 0 Å². The Morgan fingerprint density at radius 2 is 2.08 bits per heavy atom. The average Bonchev–Trinajstić information content (AvgIpc) is 2.96. The molecular formula is C15H22N4O5. The van der Waals surface area contributed by atoms with Gasteiger partial charge in [-0.15, -0.1) is 0 Å². The van der Waals surface area contributed by atoms with Gasteiger partial charge in [-0.3, -0.25) is 18.7 Å². The fraction of sp³-hybridized carbons (Fsp3) is 0.600. The first-order chi connectivity index (χ1) is 11.3. The molecule has 2 rings (SSSR count). The van der Waals surface area contributed by atoms with Gasteiger partial charge in [0, 0.05) is 20.5 Å². The van der Waals surface area contributed by atoms with Crippen molar-refractivity contribution in [2.75, 3.05) is 0 Å². The molecule has 0 radical (unpaired) electrons. The van der Waals surface area contributed by atoms with Crippen LogP contribution in [-0.2, 0) is 29.7 Å². The van der Waals surface area contributed by atoms with Crippen LogP contribution in [-0.4, -0.2) is 36.3 Å². The monoisotopic (exact) mass is 338 g/mol. The van der Waals surface area contributed by atoms with Crippen molar-refractivity contribution in [2.45, 2.75) is 52.4 Å². The maximum atomic E-state index is 12.4. The molecule has 2 aromatic heterocycles. The molecule has 0 spiro atoms. The van der Waals surface area contributed by atoms with E-state index in [1.54, 1.807) is 6.92 Å². The molecule has 2 aromatic rings. The molecule has 24 heavy (non-hydrogen) atoms. The van der Waals surface area contributed by atoms with Crippen LogP contribution in [0.2, 0.25) is 0 Å².